The SMILES string of the molecule is Cc1c(N2CC3CC3(N)C2)c(F)cc2c(CN)c(O)c(=O)n(C3CC3)c12. The molecule has 0 spiro atoms. The molecule has 2 aliphatic carbocycles. The lowest BCUT2D eigenvalue weighted by molar-refractivity contribution is 0.453. The molecule has 1 aromatic heterocycles. The first kappa shape index (κ1) is 16.1. The normalized spacial score (nSPS) is 27.2. The van der Waals surface area contributed by atoms with Crippen molar-refractivity contribution >= 4 is 16.6 Å². The Hall–Kier alpha value is -2.12. The van der Waals surface area contributed by atoms with E-state index in [1.807, 2.05) is 11.8 Å². The van der Waals surface area contributed by atoms with E-state index < -0.39 is 5.56 Å². The summed E-state index contributed by atoms with van der Waals surface area (Å²) in [5.41, 5.74) is 13.7. The minimum Gasteiger partial charge on any atom is -0.503 e. The highest BCUT2D eigenvalue weighted by atomic mass is 19.1. The zero-order valence-electron chi connectivity index (χ0n) is 14.8. The van der Waals surface area contributed by atoms with Gasteiger partial charge in [0.05, 0.1) is 11.2 Å². The van der Waals surface area contributed by atoms with E-state index in [0.29, 0.717) is 34.6 Å². The third kappa shape index (κ3) is 2.01. The van der Waals surface area contributed by atoms with Crippen LogP contribution in [0.5, 0.6) is 5.75 Å². The number of halogens is 1. The van der Waals surface area contributed by atoms with Crippen molar-refractivity contribution in [2.75, 3.05) is 18.0 Å². The lowest BCUT2D eigenvalue weighted by Gasteiger charge is -2.26. The van der Waals surface area contributed by atoms with Gasteiger partial charge in [-0.25, -0.2) is 4.39 Å². The van der Waals surface area contributed by atoms with Crippen molar-refractivity contribution in [2.45, 2.75) is 44.3 Å². The molecular weight excluding hydrogens is 335 g/mol. The van der Waals surface area contributed by atoms with Gasteiger partial charge >= 0.3 is 0 Å². The number of rotatable bonds is 3. The van der Waals surface area contributed by atoms with Crippen LogP contribution in [0.2, 0.25) is 0 Å². The molecule has 0 radical (unpaired) electrons. The fourth-order valence-electron chi connectivity index (χ4n) is 4.74. The van der Waals surface area contributed by atoms with Gasteiger partial charge < -0.3 is 26.0 Å². The van der Waals surface area contributed by atoms with Crippen LogP contribution in [0.3, 0.4) is 0 Å². The maximum Gasteiger partial charge on any atom is 0.293 e. The van der Waals surface area contributed by atoms with E-state index in [9.17, 15) is 9.90 Å². The molecule has 7 heteroatoms. The van der Waals surface area contributed by atoms with Gasteiger partial charge in [-0.1, -0.05) is 0 Å². The Bertz CT molecular complexity index is 1010. The van der Waals surface area contributed by atoms with Crippen molar-refractivity contribution in [1.82, 2.24) is 4.57 Å². The Morgan fingerprint density at radius 1 is 1.42 bits per heavy atom. The molecule has 2 unspecified atom stereocenters. The van der Waals surface area contributed by atoms with Gasteiger partial charge in [0.2, 0.25) is 0 Å². The Morgan fingerprint density at radius 2 is 2.15 bits per heavy atom. The second kappa shape index (κ2) is 4.98. The van der Waals surface area contributed by atoms with Crippen molar-refractivity contribution in [2.24, 2.45) is 17.4 Å². The molecule has 138 valence electrons. The van der Waals surface area contributed by atoms with Crippen LogP contribution in [0, 0.1) is 18.7 Å². The molecular formula is C19H23FN4O2. The Labute approximate surface area is 150 Å². The number of aromatic nitrogens is 1. The predicted molar refractivity (Wildman–Crippen MR) is 98.0 cm³/mol. The topological polar surface area (TPSA) is 97.5 Å². The first-order chi connectivity index (χ1) is 12.4. The van der Waals surface area contributed by atoms with Gasteiger partial charge in [0, 0.05) is 42.2 Å². The van der Waals surface area contributed by atoms with Gasteiger partial charge in [0.25, 0.3) is 5.56 Å². The van der Waals surface area contributed by atoms with Gasteiger partial charge in [-0.15, -0.1) is 0 Å². The number of hydrogen-bond donors (Lipinski definition) is 3. The Kier molecular flexibility index (Phi) is 3.08. The van der Waals surface area contributed by atoms with Crippen molar-refractivity contribution in [1.29, 1.82) is 0 Å². The Balaban J connectivity index is 1.80. The van der Waals surface area contributed by atoms with Gasteiger partial charge in [0.1, 0.15) is 5.82 Å². The number of pyridine rings is 1. The number of nitrogens with two attached hydrogens (primary N) is 2. The third-order valence-electron chi connectivity index (χ3n) is 6.37. The number of hydrogen-bond acceptors (Lipinski definition) is 5. The van der Waals surface area contributed by atoms with E-state index in [2.05, 4.69) is 0 Å². The summed E-state index contributed by atoms with van der Waals surface area (Å²) >= 11 is 0. The van der Waals surface area contributed by atoms with Crippen LogP contribution in [0.15, 0.2) is 10.9 Å². The van der Waals surface area contributed by atoms with Gasteiger partial charge in [-0.3, -0.25) is 4.79 Å². The van der Waals surface area contributed by atoms with Gasteiger partial charge in [-0.05, 0) is 43.7 Å². The smallest absolute Gasteiger partial charge is 0.293 e. The first-order valence-corrected chi connectivity index (χ1v) is 9.18. The molecule has 6 nitrogen and oxygen atoms in total. The molecule has 5 N–H and O–H groups in total. The zero-order chi connectivity index (χ0) is 18.4. The average Bonchev–Trinajstić information content (AvgIpc) is 3.48. The molecule has 2 heterocycles. The van der Waals surface area contributed by atoms with E-state index in [1.165, 1.54) is 6.07 Å². The van der Waals surface area contributed by atoms with Crippen molar-refractivity contribution in [3.8, 4) is 5.75 Å². The van der Waals surface area contributed by atoms with Crippen LogP contribution in [0.4, 0.5) is 10.1 Å². The van der Waals surface area contributed by atoms with Crippen LogP contribution in [-0.2, 0) is 6.54 Å². The quantitative estimate of drug-likeness (QED) is 0.772. The number of anilines is 1. The second-order valence-corrected chi connectivity index (χ2v) is 8.18. The lowest BCUT2D eigenvalue weighted by atomic mass is 10.0. The fraction of sp³-hybridized carbons (Fsp3) is 0.526. The van der Waals surface area contributed by atoms with E-state index in [0.717, 1.165) is 31.4 Å². The maximum atomic E-state index is 15.1. The van der Waals surface area contributed by atoms with E-state index in [-0.39, 0.29) is 29.7 Å². The van der Waals surface area contributed by atoms with Crippen LogP contribution in [0.25, 0.3) is 10.9 Å². The fourth-order valence-corrected chi connectivity index (χ4v) is 4.74. The Morgan fingerprint density at radius 3 is 2.73 bits per heavy atom. The molecule has 1 aliphatic heterocycles. The highest BCUT2D eigenvalue weighted by molar-refractivity contribution is 5.92. The summed E-state index contributed by atoms with van der Waals surface area (Å²) in [7, 11) is 0. The molecule has 1 saturated heterocycles. The number of aryl methyl sites for hydroxylation is 1. The van der Waals surface area contributed by atoms with E-state index in [1.54, 1.807) is 4.57 Å². The molecule has 3 aliphatic rings. The number of aromatic hydroxyl groups is 1. The zero-order valence-corrected chi connectivity index (χ0v) is 14.8. The van der Waals surface area contributed by atoms with Gasteiger partial charge in [0.15, 0.2) is 5.75 Å². The highest BCUT2D eigenvalue weighted by Gasteiger charge is 2.57. The predicted octanol–water partition coefficient (Wildman–Crippen LogP) is 1.49. The van der Waals surface area contributed by atoms with Crippen LogP contribution in [0.1, 0.15) is 36.4 Å². The van der Waals surface area contributed by atoms with Gasteiger partial charge in [-0.2, -0.15) is 0 Å². The number of benzene rings is 1. The molecule has 2 saturated carbocycles. The lowest BCUT2D eigenvalue weighted by Crippen LogP contribution is -2.34. The summed E-state index contributed by atoms with van der Waals surface area (Å²) in [6.45, 7) is 3.22. The second-order valence-electron chi connectivity index (χ2n) is 8.18. The molecule has 2 aromatic rings. The summed E-state index contributed by atoms with van der Waals surface area (Å²) in [6, 6.07) is 1.48. The summed E-state index contributed by atoms with van der Waals surface area (Å²) < 4.78 is 16.7. The third-order valence-corrected chi connectivity index (χ3v) is 6.37. The molecule has 2 atom stereocenters. The maximum absolute atomic E-state index is 15.1. The highest BCUT2D eigenvalue weighted by Crippen LogP contribution is 2.50. The molecule has 26 heavy (non-hydrogen) atoms. The first-order valence-electron chi connectivity index (χ1n) is 9.18. The van der Waals surface area contributed by atoms with Crippen molar-refractivity contribution in [3.05, 3.63) is 33.4 Å². The molecule has 1 aromatic carbocycles. The number of piperidine rings is 1. The number of fused-ring (bicyclic) bond motifs is 2. The molecule has 5 rings (SSSR count). The monoisotopic (exact) mass is 358 g/mol. The standard InChI is InChI=1S/C19H23FN4O2/c1-9-15-12(13(6-21)17(25)18(26)24(15)11-2-3-11)4-14(20)16(9)23-7-10-5-19(10,22)8-23/h4,10-11,25H,2-3,5-8,21-22H2,1H3. The summed E-state index contributed by atoms with van der Waals surface area (Å²) in [5.74, 6) is -0.293. The van der Waals surface area contributed by atoms with Crippen LogP contribution >= 0.6 is 0 Å². The average molecular weight is 358 g/mol. The molecule has 3 fully saturated rings. The van der Waals surface area contributed by atoms with E-state index >= 15 is 4.39 Å². The largest absolute Gasteiger partial charge is 0.503 e. The summed E-state index contributed by atoms with van der Waals surface area (Å²) in [6.07, 6.45) is 2.77. The minimum absolute atomic E-state index is 0.0149. The van der Waals surface area contributed by atoms with E-state index in [4.69, 9.17) is 11.5 Å². The van der Waals surface area contributed by atoms with Crippen LogP contribution < -0.4 is 21.9 Å². The molecule has 0 amide bonds. The summed E-state index contributed by atoms with van der Waals surface area (Å²) in [5, 5.41) is 10.9. The minimum atomic E-state index is -0.430. The molecule has 0 bridgehead atoms. The number of nitrogens with zero attached hydrogens (tertiary/aromatic N) is 2. The van der Waals surface area contributed by atoms with Crippen molar-refractivity contribution < 1.29 is 9.50 Å². The van der Waals surface area contributed by atoms with Crippen molar-refractivity contribution in [3.63, 3.8) is 0 Å². The van der Waals surface area contributed by atoms with Crippen LogP contribution in [-0.4, -0.2) is 28.3 Å². The summed E-state index contributed by atoms with van der Waals surface area (Å²) in [4.78, 5) is 14.8.